The highest BCUT2D eigenvalue weighted by Gasteiger charge is 2.23. The van der Waals surface area contributed by atoms with Crippen molar-refractivity contribution < 1.29 is 5.11 Å². The topological polar surface area (TPSA) is 20.2 Å². The van der Waals surface area contributed by atoms with E-state index in [1.54, 1.807) is 12.1 Å². The number of hydrogen-bond donors (Lipinski definition) is 1. The predicted octanol–water partition coefficient (Wildman–Crippen LogP) is 5.15. The average molecular weight is 307 g/mol. The Morgan fingerprint density at radius 3 is 2.35 bits per heavy atom. The molecule has 1 aliphatic rings. The van der Waals surface area contributed by atoms with Gasteiger partial charge in [-0.05, 0) is 47.6 Å². The second-order valence-electron chi connectivity index (χ2n) is 5.40. The lowest BCUT2D eigenvalue weighted by Crippen LogP contribution is -2.02. The molecule has 0 saturated heterocycles. The lowest BCUT2D eigenvalue weighted by Gasteiger charge is -2.13. The first-order chi connectivity index (χ1) is 9.63. The minimum absolute atomic E-state index is 0.499. The molecule has 3 rings (SSSR count). The third-order valence-electron chi connectivity index (χ3n) is 3.80. The van der Waals surface area contributed by atoms with Crippen LogP contribution < -0.4 is 0 Å². The maximum atomic E-state index is 10.3. The van der Waals surface area contributed by atoms with E-state index in [1.807, 2.05) is 18.2 Å². The summed E-state index contributed by atoms with van der Waals surface area (Å²) >= 11 is 12.0. The first kappa shape index (κ1) is 13.9. The molecular formula is C17H16Cl2O. The van der Waals surface area contributed by atoms with Crippen LogP contribution >= 0.6 is 23.2 Å². The Balaban J connectivity index is 1.73. The lowest BCUT2D eigenvalue weighted by atomic mass is 9.99. The van der Waals surface area contributed by atoms with Crippen LogP contribution in [-0.2, 0) is 6.42 Å². The van der Waals surface area contributed by atoms with Crippen molar-refractivity contribution in [3.05, 3.63) is 69.2 Å². The molecule has 0 spiro atoms. The van der Waals surface area contributed by atoms with Gasteiger partial charge in [-0.15, -0.1) is 0 Å². The molecule has 0 heterocycles. The van der Waals surface area contributed by atoms with Crippen LogP contribution in [0.3, 0.4) is 0 Å². The normalized spacial score (nSPS) is 16.1. The molecule has 20 heavy (non-hydrogen) atoms. The van der Waals surface area contributed by atoms with E-state index in [0.29, 0.717) is 16.5 Å². The van der Waals surface area contributed by atoms with Gasteiger partial charge in [-0.25, -0.2) is 0 Å². The molecule has 0 radical (unpaired) electrons. The van der Waals surface area contributed by atoms with Crippen LogP contribution in [0.1, 0.15) is 41.6 Å². The van der Waals surface area contributed by atoms with Crippen molar-refractivity contribution >= 4 is 23.2 Å². The van der Waals surface area contributed by atoms with Crippen molar-refractivity contribution in [1.82, 2.24) is 0 Å². The summed E-state index contributed by atoms with van der Waals surface area (Å²) in [7, 11) is 0. The van der Waals surface area contributed by atoms with Crippen molar-refractivity contribution in [2.24, 2.45) is 0 Å². The van der Waals surface area contributed by atoms with E-state index in [2.05, 4.69) is 12.1 Å². The zero-order valence-corrected chi connectivity index (χ0v) is 12.5. The quantitative estimate of drug-likeness (QED) is 0.828. The third-order valence-corrected chi connectivity index (χ3v) is 4.39. The van der Waals surface area contributed by atoms with Crippen molar-refractivity contribution in [2.45, 2.75) is 31.3 Å². The van der Waals surface area contributed by atoms with Crippen LogP contribution in [0.2, 0.25) is 10.0 Å². The first-order valence-electron chi connectivity index (χ1n) is 6.85. The van der Waals surface area contributed by atoms with E-state index in [4.69, 9.17) is 23.2 Å². The summed E-state index contributed by atoms with van der Waals surface area (Å²) in [6.45, 7) is 0. The van der Waals surface area contributed by atoms with Gasteiger partial charge in [-0.3, -0.25) is 0 Å². The Morgan fingerprint density at radius 1 is 1.05 bits per heavy atom. The van der Waals surface area contributed by atoms with Gasteiger partial charge in [-0.1, -0.05) is 53.5 Å². The first-order valence-corrected chi connectivity index (χ1v) is 7.61. The highest BCUT2D eigenvalue weighted by molar-refractivity contribution is 6.35. The molecule has 1 atom stereocenters. The Labute approximate surface area is 129 Å². The van der Waals surface area contributed by atoms with E-state index in [0.717, 1.165) is 17.0 Å². The second kappa shape index (κ2) is 5.77. The van der Waals surface area contributed by atoms with Crippen LogP contribution in [0.25, 0.3) is 0 Å². The average Bonchev–Trinajstić information content (AvgIpc) is 3.26. The summed E-state index contributed by atoms with van der Waals surface area (Å²) in [5, 5.41) is 11.5. The van der Waals surface area contributed by atoms with Gasteiger partial charge in [0.2, 0.25) is 0 Å². The molecule has 1 N–H and O–H groups in total. The second-order valence-corrected chi connectivity index (χ2v) is 6.24. The summed E-state index contributed by atoms with van der Waals surface area (Å²) in [5.74, 6) is 0.743. The molecule has 3 heteroatoms. The van der Waals surface area contributed by atoms with Crippen LogP contribution in [0, 0.1) is 0 Å². The number of aliphatic hydroxyl groups is 1. The third kappa shape index (κ3) is 3.17. The minimum Gasteiger partial charge on any atom is -0.388 e. The molecule has 2 aromatic carbocycles. The van der Waals surface area contributed by atoms with E-state index < -0.39 is 6.10 Å². The SMILES string of the molecule is OC(Cc1ccc(Cl)cc1Cl)c1ccc(C2CC2)cc1. The number of rotatable bonds is 4. The van der Waals surface area contributed by atoms with Crippen LogP contribution in [-0.4, -0.2) is 5.11 Å². The van der Waals surface area contributed by atoms with Gasteiger partial charge >= 0.3 is 0 Å². The molecule has 104 valence electrons. The predicted molar refractivity (Wildman–Crippen MR) is 83.5 cm³/mol. The van der Waals surface area contributed by atoms with Gasteiger partial charge in [0.25, 0.3) is 0 Å². The molecule has 0 aromatic heterocycles. The molecular weight excluding hydrogens is 291 g/mol. The fraction of sp³-hybridized carbons (Fsp3) is 0.294. The van der Waals surface area contributed by atoms with Crippen LogP contribution in [0.15, 0.2) is 42.5 Å². The highest BCUT2D eigenvalue weighted by Crippen LogP contribution is 2.40. The summed E-state index contributed by atoms with van der Waals surface area (Å²) in [5.41, 5.74) is 3.22. The van der Waals surface area contributed by atoms with E-state index in [-0.39, 0.29) is 0 Å². The van der Waals surface area contributed by atoms with Gasteiger partial charge in [0.15, 0.2) is 0 Å². The van der Waals surface area contributed by atoms with Crippen molar-refractivity contribution in [2.75, 3.05) is 0 Å². The van der Waals surface area contributed by atoms with Gasteiger partial charge in [0.1, 0.15) is 0 Å². The lowest BCUT2D eigenvalue weighted by molar-refractivity contribution is 0.178. The van der Waals surface area contributed by atoms with E-state index in [9.17, 15) is 5.11 Å². The van der Waals surface area contributed by atoms with Crippen LogP contribution in [0.4, 0.5) is 0 Å². The Hall–Kier alpha value is -1.02. The summed E-state index contributed by atoms with van der Waals surface area (Å²) < 4.78 is 0. The number of halogens is 2. The Kier molecular flexibility index (Phi) is 4.02. The molecule has 2 aromatic rings. The van der Waals surface area contributed by atoms with E-state index >= 15 is 0 Å². The number of benzene rings is 2. The van der Waals surface area contributed by atoms with Gasteiger partial charge < -0.3 is 5.11 Å². The Bertz CT molecular complexity index is 603. The van der Waals surface area contributed by atoms with E-state index in [1.165, 1.54) is 18.4 Å². The molecule has 0 aliphatic heterocycles. The molecule has 1 saturated carbocycles. The maximum Gasteiger partial charge on any atom is 0.0830 e. The standard InChI is InChI=1S/C17H16Cl2O/c18-15-8-7-14(16(19)10-15)9-17(20)13-5-3-12(4-6-13)11-1-2-11/h3-8,10-11,17,20H,1-2,9H2. The summed E-state index contributed by atoms with van der Waals surface area (Å²) in [4.78, 5) is 0. The summed E-state index contributed by atoms with van der Waals surface area (Å²) in [6.07, 6.45) is 2.55. The van der Waals surface area contributed by atoms with Gasteiger partial charge in [-0.2, -0.15) is 0 Å². The van der Waals surface area contributed by atoms with Crippen molar-refractivity contribution in [1.29, 1.82) is 0 Å². The number of aliphatic hydroxyl groups excluding tert-OH is 1. The molecule has 1 fully saturated rings. The number of hydrogen-bond acceptors (Lipinski definition) is 1. The van der Waals surface area contributed by atoms with Gasteiger partial charge in [0, 0.05) is 16.5 Å². The minimum atomic E-state index is -0.540. The highest BCUT2D eigenvalue weighted by atomic mass is 35.5. The largest absolute Gasteiger partial charge is 0.388 e. The molecule has 1 unspecified atom stereocenters. The monoisotopic (exact) mass is 306 g/mol. The fourth-order valence-corrected chi connectivity index (χ4v) is 2.91. The van der Waals surface area contributed by atoms with Crippen molar-refractivity contribution in [3.8, 4) is 0 Å². The molecule has 1 nitrogen and oxygen atoms in total. The summed E-state index contributed by atoms with van der Waals surface area (Å²) in [6, 6.07) is 13.7. The molecule has 0 amide bonds. The zero-order chi connectivity index (χ0) is 14.1. The maximum absolute atomic E-state index is 10.3. The zero-order valence-electron chi connectivity index (χ0n) is 11.0. The molecule has 1 aliphatic carbocycles. The Morgan fingerprint density at radius 2 is 1.75 bits per heavy atom. The fourth-order valence-electron chi connectivity index (χ4n) is 2.42. The van der Waals surface area contributed by atoms with Crippen LogP contribution in [0.5, 0.6) is 0 Å². The van der Waals surface area contributed by atoms with Gasteiger partial charge in [0.05, 0.1) is 6.10 Å². The van der Waals surface area contributed by atoms with Crippen molar-refractivity contribution in [3.63, 3.8) is 0 Å². The smallest absolute Gasteiger partial charge is 0.0830 e. The molecule has 0 bridgehead atoms.